The molecule has 0 aliphatic carbocycles. The van der Waals surface area contributed by atoms with Gasteiger partial charge in [0.05, 0.1) is 0 Å². The van der Waals surface area contributed by atoms with Crippen LogP contribution in [0.2, 0.25) is 0 Å². The molecule has 3 aliphatic rings. The molecule has 0 aromatic rings. The molecule has 0 aromatic carbocycles. The molecule has 0 aromatic heterocycles. The van der Waals surface area contributed by atoms with Crippen molar-refractivity contribution >= 4 is 0 Å². The van der Waals surface area contributed by atoms with Gasteiger partial charge in [0.2, 0.25) is 0 Å². The van der Waals surface area contributed by atoms with E-state index in [1.54, 1.807) is 0 Å². The Morgan fingerprint density at radius 2 is 1.83 bits per heavy atom. The summed E-state index contributed by atoms with van der Waals surface area (Å²) in [6.07, 6.45) is 6.37. The van der Waals surface area contributed by atoms with Gasteiger partial charge in [-0.25, -0.2) is 0 Å². The SMILES string of the molecule is NCC1(N2CCC(N3CCCC3)C2)CCOCC1. The van der Waals surface area contributed by atoms with E-state index in [0.717, 1.165) is 38.6 Å². The lowest BCUT2D eigenvalue weighted by Gasteiger charge is -2.44. The number of hydrogen-bond donors (Lipinski definition) is 1. The Kier molecular flexibility index (Phi) is 3.89. The maximum absolute atomic E-state index is 6.11. The Hall–Kier alpha value is -0.160. The van der Waals surface area contributed by atoms with Crippen LogP contribution in [0.4, 0.5) is 0 Å². The highest BCUT2D eigenvalue weighted by molar-refractivity contribution is 4.99. The molecule has 3 fully saturated rings. The largest absolute Gasteiger partial charge is 0.381 e. The normalized spacial score (nSPS) is 34.2. The summed E-state index contributed by atoms with van der Waals surface area (Å²) in [6, 6.07) is 0.791. The zero-order valence-electron chi connectivity index (χ0n) is 11.4. The lowest BCUT2D eigenvalue weighted by atomic mass is 9.88. The minimum atomic E-state index is 0.243. The van der Waals surface area contributed by atoms with E-state index in [9.17, 15) is 0 Å². The summed E-state index contributed by atoms with van der Waals surface area (Å²) in [4.78, 5) is 5.38. The maximum atomic E-state index is 6.11. The fourth-order valence-electron chi connectivity index (χ4n) is 3.98. The van der Waals surface area contributed by atoms with E-state index in [1.165, 1.54) is 45.4 Å². The fourth-order valence-corrected chi connectivity index (χ4v) is 3.98. The number of hydrogen-bond acceptors (Lipinski definition) is 4. The monoisotopic (exact) mass is 253 g/mol. The third-order valence-electron chi connectivity index (χ3n) is 5.29. The molecule has 0 saturated carbocycles. The van der Waals surface area contributed by atoms with Crippen LogP contribution in [0.25, 0.3) is 0 Å². The Bertz CT molecular complexity index is 272. The molecule has 0 spiro atoms. The molecule has 3 rings (SSSR count). The van der Waals surface area contributed by atoms with Gasteiger partial charge in [0.25, 0.3) is 0 Å². The minimum absolute atomic E-state index is 0.243. The van der Waals surface area contributed by atoms with Crippen molar-refractivity contribution in [1.82, 2.24) is 9.80 Å². The molecule has 0 amide bonds. The summed E-state index contributed by atoms with van der Waals surface area (Å²) in [5.74, 6) is 0. The van der Waals surface area contributed by atoms with Crippen molar-refractivity contribution in [2.75, 3.05) is 45.9 Å². The van der Waals surface area contributed by atoms with Crippen LogP contribution in [0.5, 0.6) is 0 Å². The standard InChI is InChI=1S/C14H27N3O/c15-12-14(4-9-18-10-5-14)17-8-3-13(11-17)16-6-1-2-7-16/h13H,1-12,15H2. The highest BCUT2D eigenvalue weighted by Crippen LogP contribution is 2.32. The van der Waals surface area contributed by atoms with E-state index >= 15 is 0 Å². The van der Waals surface area contributed by atoms with E-state index in [4.69, 9.17) is 10.5 Å². The summed E-state index contributed by atoms with van der Waals surface area (Å²) in [6.45, 7) is 7.68. The van der Waals surface area contributed by atoms with Crippen molar-refractivity contribution in [2.24, 2.45) is 5.73 Å². The van der Waals surface area contributed by atoms with Gasteiger partial charge < -0.3 is 10.5 Å². The average Bonchev–Trinajstić information content (AvgIpc) is 3.10. The first-order chi connectivity index (χ1) is 8.84. The molecule has 0 bridgehead atoms. The van der Waals surface area contributed by atoms with Crippen LogP contribution in [0.3, 0.4) is 0 Å². The van der Waals surface area contributed by atoms with Crippen molar-refractivity contribution in [3.63, 3.8) is 0 Å². The molecule has 104 valence electrons. The second kappa shape index (κ2) is 5.45. The summed E-state index contributed by atoms with van der Waals surface area (Å²) in [7, 11) is 0. The number of ether oxygens (including phenoxy) is 1. The first kappa shape index (κ1) is 12.9. The molecule has 4 nitrogen and oxygen atoms in total. The van der Waals surface area contributed by atoms with Gasteiger partial charge in [0.1, 0.15) is 0 Å². The van der Waals surface area contributed by atoms with Crippen LogP contribution in [-0.2, 0) is 4.74 Å². The lowest BCUT2D eigenvalue weighted by molar-refractivity contribution is -0.0166. The molecule has 3 aliphatic heterocycles. The highest BCUT2D eigenvalue weighted by Gasteiger charge is 2.42. The Labute approximate surface area is 110 Å². The number of nitrogens with zero attached hydrogens (tertiary/aromatic N) is 2. The van der Waals surface area contributed by atoms with Crippen LogP contribution in [0.15, 0.2) is 0 Å². The first-order valence-corrected chi connectivity index (χ1v) is 7.61. The van der Waals surface area contributed by atoms with Crippen molar-refractivity contribution in [3.05, 3.63) is 0 Å². The smallest absolute Gasteiger partial charge is 0.0484 e. The van der Waals surface area contributed by atoms with Gasteiger partial charge >= 0.3 is 0 Å². The second-order valence-corrected chi connectivity index (χ2v) is 6.17. The van der Waals surface area contributed by atoms with Crippen LogP contribution < -0.4 is 5.73 Å². The van der Waals surface area contributed by atoms with Crippen LogP contribution in [-0.4, -0.2) is 67.3 Å². The van der Waals surface area contributed by atoms with Gasteiger partial charge in [-0.1, -0.05) is 0 Å². The van der Waals surface area contributed by atoms with Gasteiger partial charge in [0, 0.05) is 44.4 Å². The van der Waals surface area contributed by atoms with E-state index in [1.807, 2.05) is 0 Å². The second-order valence-electron chi connectivity index (χ2n) is 6.17. The Balaban J connectivity index is 1.62. The van der Waals surface area contributed by atoms with Crippen molar-refractivity contribution in [3.8, 4) is 0 Å². The summed E-state index contributed by atoms with van der Waals surface area (Å²) in [5, 5.41) is 0. The molecule has 18 heavy (non-hydrogen) atoms. The van der Waals surface area contributed by atoms with Crippen molar-refractivity contribution in [2.45, 2.75) is 43.7 Å². The van der Waals surface area contributed by atoms with Gasteiger partial charge in [-0.2, -0.15) is 0 Å². The predicted octanol–water partition coefficient (Wildman–Crippen LogP) is 0.664. The minimum Gasteiger partial charge on any atom is -0.381 e. The topological polar surface area (TPSA) is 41.7 Å². The Morgan fingerprint density at radius 3 is 2.50 bits per heavy atom. The van der Waals surface area contributed by atoms with E-state index < -0.39 is 0 Å². The van der Waals surface area contributed by atoms with E-state index in [-0.39, 0.29) is 5.54 Å². The number of likely N-dealkylation sites (tertiary alicyclic amines) is 2. The molecule has 4 heteroatoms. The molecule has 2 N–H and O–H groups in total. The Morgan fingerprint density at radius 1 is 1.11 bits per heavy atom. The average molecular weight is 253 g/mol. The summed E-state index contributed by atoms with van der Waals surface area (Å²) in [5.41, 5.74) is 6.35. The van der Waals surface area contributed by atoms with Gasteiger partial charge in [-0.15, -0.1) is 0 Å². The summed E-state index contributed by atoms with van der Waals surface area (Å²) >= 11 is 0. The zero-order chi connectivity index (χ0) is 12.4. The van der Waals surface area contributed by atoms with Crippen LogP contribution in [0.1, 0.15) is 32.1 Å². The van der Waals surface area contributed by atoms with Crippen molar-refractivity contribution < 1.29 is 4.74 Å². The van der Waals surface area contributed by atoms with E-state index in [0.29, 0.717) is 0 Å². The third-order valence-corrected chi connectivity index (χ3v) is 5.29. The number of rotatable bonds is 3. The molecule has 3 saturated heterocycles. The zero-order valence-corrected chi connectivity index (χ0v) is 11.4. The van der Waals surface area contributed by atoms with Gasteiger partial charge in [-0.3, -0.25) is 9.80 Å². The van der Waals surface area contributed by atoms with Crippen molar-refractivity contribution in [1.29, 1.82) is 0 Å². The molecule has 3 heterocycles. The highest BCUT2D eigenvalue weighted by atomic mass is 16.5. The van der Waals surface area contributed by atoms with Crippen LogP contribution in [0, 0.1) is 0 Å². The summed E-state index contributed by atoms with van der Waals surface area (Å²) < 4.78 is 5.52. The van der Waals surface area contributed by atoms with Crippen LogP contribution >= 0.6 is 0 Å². The molecular formula is C14H27N3O. The van der Waals surface area contributed by atoms with Gasteiger partial charge in [-0.05, 0) is 45.2 Å². The quantitative estimate of drug-likeness (QED) is 0.802. The first-order valence-electron chi connectivity index (χ1n) is 7.61. The molecule has 1 atom stereocenters. The molecular weight excluding hydrogens is 226 g/mol. The molecule has 1 unspecified atom stereocenters. The molecule has 0 radical (unpaired) electrons. The lowest BCUT2D eigenvalue weighted by Crippen LogP contribution is -2.56. The van der Waals surface area contributed by atoms with Gasteiger partial charge in [0.15, 0.2) is 0 Å². The fraction of sp³-hybridized carbons (Fsp3) is 1.00. The third kappa shape index (κ3) is 2.31. The predicted molar refractivity (Wildman–Crippen MR) is 72.6 cm³/mol. The maximum Gasteiger partial charge on any atom is 0.0484 e. The number of nitrogens with two attached hydrogens (primary N) is 1. The van der Waals surface area contributed by atoms with E-state index in [2.05, 4.69) is 9.80 Å².